The molecule has 0 heterocycles. The Morgan fingerprint density at radius 2 is 1.92 bits per heavy atom. The third-order valence-corrected chi connectivity index (χ3v) is 1.25. The lowest BCUT2D eigenvalue weighted by molar-refractivity contribution is 0.114. The van der Waals surface area contributed by atoms with E-state index in [9.17, 15) is 13.9 Å². The third-order valence-electron chi connectivity index (χ3n) is 1.25. The lowest BCUT2D eigenvalue weighted by Crippen LogP contribution is -2.36. The van der Waals surface area contributed by atoms with Crippen LogP contribution in [0.3, 0.4) is 0 Å². The monoisotopic (exact) mass is 182 g/mol. The van der Waals surface area contributed by atoms with Crippen LogP contribution in [0.1, 0.15) is 0 Å². The lowest BCUT2D eigenvalue weighted by atomic mass is 10.3. The van der Waals surface area contributed by atoms with Crippen LogP contribution in [0.25, 0.3) is 0 Å². The molecule has 0 radical (unpaired) electrons. The number of nitrogens with zero attached hydrogens (tertiary/aromatic N) is 1. The van der Waals surface area contributed by atoms with Crippen LogP contribution in [-0.2, 0) is 0 Å². The Kier molecular flexibility index (Phi) is 6.14. The Balaban J connectivity index is 3.25. The van der Waals surface area contributed by atoms with Gasteiger partial charge in [0.1, 0.15) is 0 Å². The van der Waals surface area contributed by atoms with Gasteiger partial charge in [0.2, 0.25) is 0 Å². The fourth-order valence-corrected chi connectivity index (χ4v) is 0.845. The minimum atomic E-state index is -2.35. The molecule has 0 aliphatic rings. The zero-order chi connectivity index (χ0) is 9.56. The Hall–Kier alpha value is -0.260. The van der Waals surface area contributed by atoms with Crippen molar-refractivity contribution in [1.29, 1.82) is 0 Å². The molecule has 0 aromatic carbocycles. The van der Waals surface area contributed by atoms with Crippen LogP contribution in [0.2, 0.25) is 0 Å². The smallest absolute Gasteiger partial charge is 0.250 e. The molecule has 5 heteroatoms. The van der Waals surface area contributed by atoms with Crippen LogP contribution < -0.4 is 5.32 Å². The van der Waals surface area contributed by atoms with E-state index in [4.69, 9.17) is 0 Å². The molecule has 3 nitrogen and oxygen atoms in total. The normalized spacial score (nSPS) is 14.2. The number of nitrogens with one attached hydrogen (secondary N) is 1. The predicted molar refractivity (Wildman–Crippen MR) is 43.4 cm³/mol. The Morgan fingerprint density at radius 3 is 2.33 bits per heavy atom. The maximum absolute atomic E-state index is 11.6. The number of halogens is 2. The van der Waals surface area contributed by atoms with Crippen LogP contribution >= 0.6 is 0 Å². The van der Waals surface area contributed by atoms with Gasteiger partial charge < -0.3 is 15.3 Å². The van der Waals surface area contributed by atoms with Crippen molar-refractivity contribution in [3.63, 3.8) is 0 Å². The maximum Gasteiger partial charge on any atom is 0.250 e. The minimum Gasteiger partial charge on any atom is -0.390 e. The molecule has 0 aliphatic heterocycles. The van der Waals surface area contributed by atoms with Gasteiger partial charge in [0.05, 0.1) is 12.6 Å². The molecular formula is C7H16F2N2O. The van der Waals surface area contributed by atoms with Gasteiger partial charge in [-0.25, -0.2) is 8.78 Å². The number of aliphatic hydroxyl groups excluding tert-OH is 1. The van der Waals surface area contributed by atoms with E-state index in [1.54, 1.807) is 4.90 Å². The maximum atomic E-state index is 11.6. The van der Waals surface area contributed by atoms with Gasteiger partial charge in [-0.05, 0) is 14.1 Å². The number of aliphatic hydroxyl groups is 1. The van der Waals surface area contributed by atoms with Crippen molar-refractivity contribution in [2.24, 2.45) is 0 Å². The van der Waals surface area contributed by atoms with Gasteiger partial charge in [0.25, 0.3) is 6.43 Å². The average Bonchev–Trinajstić information content (AvgIpc) is 1.84. The number of hydrogen-bond donors (Lipinski definition) is 2. The molecule has 0 aliphatic carbocycles. The average molecular weight is 182 g/mol. The Labute approximate surface area is 71.4 Å². The molecule has 0 saturated heterocycles. The van der Waals surface area contributed by atoms with Crippen molar-refractivity contribution in [1.82, 2.24) is 10.2 Å². The molecular weight excluding hydrogens is 166 g/mol. The van der Waals surface area contributed by atoms with E-state index in [2.05, 4.69) is 5.32 Å². The standard InChI is InChI=1S/C7H16F2N2O/c1-11(2)5-6(12)3-10-4-7(8)9/h6-7,10,12H,3-5H2,1-2H3. The number of hydrogen-bond acceptors (Lipinski definition) is 3. The number of likely N-dealkylation sites (N-methyl/N-ethyl adjacent to an activating group) is 1. The zero-order valence-corrected chi connectivity index (χ0v) is 7.43. The van der Waals surface area contributed by atoms with E-state index < -0.39 is 12.5 Å². The highest BCUT2D eigenvalue weighted by molar-refractivity contribution is 4.62. The molecule has 0 saturated carbocycles. The van der Waals surface area contributed by atoms with Crippen LogP contribution in [0.4, 0.5) is 8.78 Å². The molecule has 1 unspecified atom stereocenters. The molecule has 0 spiro atoms. The molecule has 12 heavy (non-hydrogen) atoms. The Bertz CT molecular complexity index is 112. The lowest BCUT2D eigenvalue weighted by Gasteiger charge is -2.16. The molecule has 0 aromatic heterocycles. The third kappa shape index (κ3) is 7.84. The Morgan fingerprint density at radius 1 is 1.33 bits per heavy atom. The summed E-state index contributed by atoms with van der Waals surface area (Å²) >= 11 is 0. The summed E-state index contributed by atoms with van der Waals surface area (Å²) in [6, 6.07) is 0. The first-order chi connectivity index (χ1) is 5.52. The summed E-state index contributed by atoms with van der Waals surface area (Å²) < 4.78 is 23.2. The van der Waals surface area contributed by atoms with E-state index in [1.807, 2.05) is 14.1 Å². The molecule has 74 valence electrons. The van der Waals surface area contributed by atoms with E-state index in [1.165, 1.54) is 0 Å². The molecule has 1 atom stereocenters. The summed E-state index contributed by atoms with van der Waals surface area (Å²) in [4.78, 5) is 1.80. The topological polar surface area (TPSA) is 35.5 Å². The van der Waals surface area contributed by atoms with Gasteiger partial charge in [-0.1, -0.05) is 0 Å². The summed E-state index contributed by atoms with van der Waals surface area (Å²) in [6.07, 6.45) is -2.93. The second-order valence-corrected chi connectivity index (χ2v) is 2.97. The summed E-state index contributed by atoms with van der Waals surface area (Å²) in [7, 11) is 3.63. The second kappa shape index (κ2) is 6.28. The van der Waals surface area contributed by atoms with E-state index in [0.29, 0.717) is 6.54 Å². The van der Waals surface area contributed by atoms with Crippen molar-refractivity contribution in [3.05, 3.63) is 0 Å². The minimum absolute atomic E-state index is 0.211. The molecule has 0 rings (SSSR count). The van der Waals surface area contributed by atoms with Gasteiger partial charge in [-0.3, -0.25) is 0 Å². The van der Waals surface area contributed by atoms with Gasteiger partial charge in [-0.15, -0.1) is 0 Å². The van der Waals surface area contributed by atoms with Crippen LogP contribution in [0.15, 0.2) is 0 Å². The largest absolute Gasteiger partial charge is 0.390 e. The zero-order valence-electron chi connectivity index (χ0n) is 7.43. The first-order valence-electron chi connectivity index (χ1n) is 3.84. The summed E-state index contributed by atoms with van der Waals surface area (Å²) in [5.74, 6) is 0. The van der Waals surface area contributed by atoms with Gasteiger partial charge in [0, 0.05) is 13.1 Å². The highest BCUT2D eigenvalue weighted by Crippen LogP contribution is 1.89. The van der Waals surface area contributed by atoms with Crippen molar-refractivity contribution < 1.29 is 13.9 Å². The van der Waals surface area contributed by atoms with E-state index >= 15 is 0 Å². The van der Waals surface area contributed by atoms with E-state index in [-0.39, 0.29) is 13.1 Å². The van der Waals surface area contributed by atoms with Crippen molar-refractivity contribution >= 4 is 0 Å². The molecule has 0 bridgehead atoms. The van der Waals surface area contributed by atoms with Gasteiger partial charge in [0.15, 0.2) is 0 Å². The molecule has 0 amide bonds. The molecule has 2 N–H and O–H groups in total. The summed E-state index contributed by atoms with van der Waals surface area (Å²) in [5.41, 5.74) is 0. The van der Waals surface area contributed by atoms with Gasteiger partial charge in [-0.2, -0.15) is 0 Å². The molecule has 0 fully saturated rings. The van der Waals surface area contributed by atoms with Crippen LogP contribution in [-0.4, -0.2) is 56.3 Å². The first kappa shape index (κ1) is 11.7. The highest BCUT2D eigenvalue weighted by Gasteiger charge is 2.06. The van der Waals surface area contributed by atoms with Crippen LogP contribution in [0.5, 0.6) is 0 Å². The quantitative estimate of drug-likeness (QED) is 0.595. The van der Waals surface area contributed by atoms with Crippen molar-refractivity contribution in [2.75, 3.05) is 33.7 Å². The number of alkyl halides is 2. The highest BCUT2D eigenvalue weighted by atomic mass is 19.3. The van der Waals surface area contributed by atoms with E-state index in [0.717, 1.165) is 0 Å². The van der Waals surface area contributed by atoms with Gasteiger partial charge >= 0.3 is 0 Å². The molecule has 0 aromatic rings. The fraction of sp³-hybridized carbons (Fsp3) is 1.00. The summed E-state index contributed by atoms with van der Waals surface area (Å²) in [5, 5.41) is 11.6. The second-order valence-electron chi connectivity index (χ2n) is 2.97. The fourth-order valence-electron chi connectivity index (χ4n) is 0.845. The van der Waals surface area contributed by atoms with Crippen molar-refractivity contribution in [3.8, 4) is 0 Å². The van der Waals surface area contributed by atoms with Crippen molar-refractivity contribution in [2.45, 2.75) is 12.5 Å². The first-order valence-corrected chi connectivity index (χ1v) is 3.84. The number of rotatable bonds is 6. The predicted octanol–water partition coefficient (Wildman–Crippen LogP) is -0.236. The van der Waals surface area contributed by atoms with Crippen LogP contribution in [0, 0.1) is 0 Å². The SMILES string of the molecule is CN(C)CC(O)CNCC(F)F. The summed E-state index contributed by atoms with van der Waals surface area (Å²) in [6.45, 7) is 0.337.